The molecule has 0 heterocycles. The predicted octanol–water partition coefficient (Wildman–Crippen LogP) is 1.53. The van der Waals surface area contributed by atoms with Gasteiger partial charge in [-0.25, -0.2) is 4.79 Å². The van der Waals surface area contributed by atoms with E-state index in [1.54, 1.807) is 33.1 Å². The van der Waals surface area contributed by atoms with E-state index in [0.29, 0.717) is 25.3 Å². The van der Waals surface area contributed by atoms with Gasteiger partial charge in [-0.05, 0) is 50.6 Å². The zero-order chi connectivity index (χ0) is 14.3. The molecule has 5 nitrogen and oxygen atoms in total. The Hall–Kier alpha value is -1.75. The van der Waals surface area contributed by atoms with E-state index in [1.807, 2.05) is 6.07 Å². The maximum Gasteiger partial charge on any atom is 0.347 e. The first-order valence-electron chi connectivity index (χ1n) is 6.32. The first-order valence-corrected chi connectivity index (χ1v) is 6.32. The second kappa shape index (κ2) is 7.63. The Kier molecular flexibility index (Phi) is 6.15. The van der Waals surface area contributed by atoms with Crippen molar-refractivity contribution in [2.75, 3.05) is 20.3 Å². The van der Waals surface area contributed by atoms with Gasteiger partial charge in [-0.3, -0.25) is 0 Å². The van der Waals surface area contributed by atoms with Crippen molar-refractivity contribution >= 4 is 5.97 Å². The fourth-order valence-electron chi connectivity index (χ4n) is 1.65. The molecule has 0 aliphatic rings. The lowest BCUT2D eigenvalue weighted by Crippen LogP contribution is -2.26. The van der Waals surface area contributed by atoms with Crippen LogP contribution in [0.25, 0.3) is 0 Å². The van der Waals surface area contributed by atoms with Crippen LogP contribution >= 0.6 is 0 Å². The molecule has 1 atom stereocenters. The minimum atomic E-state index is -0.648. The molecule has 0 aromatic heterocycles. The van der Waals surface area contributed by atoms with Crippen LogP contribution in [0.2, 0.25) is 0 Å². The molecule has 0 saturated heterocycles. The summed E-state index contributed by atoms with van der Waals surface area (Å²) >= 11 is 0. The number of benzene rings is 1. The van der Waals surface area contributed by atoms with E-state index in [4.69, 9.17) is 19.9 Å². The largest absolute Gasteiger partial charge is 0.497 e. The second-order valence-electron chi connectivity index (χ2n) is 4.02. The lowest BCUT2D eigenvalue weighted by atomic mass is 10.1. The van der Waals surface area contributed by atoms with Gasteiger partial charge >= 0.3 is 5.97 Å². The van der Waals surface area contributed by atoms with Crippen LogP contribution in [0.4, 0.5) is 0 Å². The highest BCUT2D eigenvalue weighted by molar-refractivity contribution is 5.74. The van der Waals surface area contributed by atoms with Crippen LogP contribution in [-0.4, -0.2) is 32.3 Å². The average molecular weight is 267 g/mol. The van der Waals surface area contributed by atoms with E-state index < -0.39 is 6.10 Å². The first-order chi connectivity index (χ1) is 9.12. The number of hydrogen-bond donors (Lipinski definition) is 1. The van der Waals surface area contributed by atoms with Crippen molar-refractivity contribution in [2.24, 2.45) is 5.73 Å². The summed E-state index contributed by atoms with van der Waals surface area (Å²) in [5, 5.41) is 0. The Balaban J connectivity index is 2.84. The number of nitrogens with two attached hydrogens (primary N) is 1. The average Bonchev–Trinajstić information content (AvgIpc) is 2.41. The molecule has 0 saturated carbocycles. The first kappa shape index (κ1) is 15.3. The summed E-state index contributed by atoms with van der Waals surface area (Å²) in [6, 6.07) is 5.42. The molecular weight excluding hydrogens is 246 g/mol. The molecule has 5 heteroatoms. The Morgan fingerprint density at radius 1 is 1.42 bits per heavy atom. The van der Waals surface area contributed by atoms with Gasteiger partial charge in [0.1, 0.15) is 11.5 Å². The van der Waals surface area contributed by atoms with Crippen LogP contribution < -0.4 is 15.2 Å². The number of esters is 1. The molecule has 1 aromatic rings. The van der Waals surface area contributed by atoms with Gasteiger partial charge in [0, 0.05) is 0 Å². The molecule has 1 aromatic carbocycles. The lowest BCUT2D eigenvalue weighted by molar-refractivity contribution is -0.150. The number of carbonyl (C=O) groups excluding carboxylic acids is 1. The summed E-state index contributed by atoms with van der Waals surface area (Å²) in [5.41, 5.74) is 6.49. The van der Waals surface area contributed by atoms with Gasteiger partial charge in [0.25, 0.3) is 0 Å². The van der Waals surface area contributed by atoms with E-state index in [-0.39, 0.29) is 5.97 Å². The third kappa shape index (κ3) is 4.44. The maximum absolute atomic E-state index is 11.5. The minimum Gasteiger partial charge on any atom is -0.497 e. The van der Waals surface area contributed by atoms with Crippen LogP contribution in [0.15, 0.2) is 18.2 Å². The zero-order valence-electron chi connectivity index (χ0n) is 11.6. The van der Waals surface area contributed by atoms with E-state index in [2.05, 4.69) is 0 Å². The molecule has 106 valence electrons. The van der Waals surface area contributed by atoms with Gasteiger partial charge in [0.2, 0.25) is 0 Å². The van der Waals surface area contributed by atoms with Crippen molar-refractivity contribution in [1.29, 1.82) is 0 Å². The topological polar surface area (TPSA) is 70.8 Å². The Bertz CT molecular complexity index is 420. The molecular formula is C14H21NO4. The molecule has 1 unspecified atom stereocenters. The van der Waals surface area contributed by atoms with Crippen LogP contribution in [0.5, 0.6) is 11.5 Å². The highest BCUT2D eigenvalue weighted by Gasteiger charge is 2.17. The van der Waals surface area contributed by atoms with Gasteiger partial charge in [0.15, 0.2) is 6.10 Å². The molecule has 0 bridgehead atoms. The van der Waals surface area contributed by atoms with Crippen LogP contribution in [0, 0.1) is 0 Å². The highest BCUT2D eigenvalue weighted by atomic mass is 16.6. The number of methoxy groups -OCH3 is 1. The van der Waals surface area contributed by atoms with Gasteiger partial charge in [-0.15, -0.1) is 0 Å². The molecule has 19 heavy (non-hydrogen) atoms. The van der Waals surface area contributed by atoms with Crippen molar-refractivity contribution in [1.82, 2.24) is 0 Å². The molecule has 1 rings (SSSR count). The molecule has 0 fully saturated rings. The van der Waals surface area contributed by atoms with Gasteiger partial charge < -0.3 is 19.9 Å². The molecule has 0 aliphatic carbocycles. The molecule has 2 N–H and O–H groups in total. The molecule has 0 aliphatic heterocycles. The summed E-state index contributed by atoms with van der Waals surface area (Å²) in [7, 11) is 1.60. The lowest BCUT2D eigenvalue weighted by Gasteiger charge is -2.16. The summed E-state index contributed by atoms with van der Waals surface area (Å²) in [6.07, 6.45) is 0.00657. The predicted molar refractivity (Wildman–Crippen MR) is 72.5 cm³/mol. The van der Waals surface area contributed by atoms with Gasteiger partial charge in [-0.2, -0.15) is 0 Å². The smallest absolute Gasteiger partial charge is 0.347 e. The monoisotopic (exact) mass is 267 g/mol. The van der Waals surface area contributed by atoms with E-state index in [9.17, 15) is 4.79 Å². The van der Waals surface area contributed by atoms with E-state index in [0.717, 1.165) is 11.3 Å². The van der Waals surface area contributed by atoms with Crippen molar-refractivity contribution in [2.45, 2.75) is 26.4 Å². The number of rotatable bonds is 7. The van der Waals surface area contributed by atoms with Crippen LogP contribution in [-0.2, 0) is 16.0 Å². The summed E-state index contributed by atoms with van der Waals surface area (Å²) in [6.45, 7) is 4.26. The zero-order valence-corrected chi connectivity index (χ0v) is 11.6. The summed E-state index contributed by atoms with van der Waals surface area (Å²) in [4.78, 5) is 11.5. The van der Waals surface area contributed by atoms with Crippen molar-refractivity contribution in [3.05, 3.63) is 23.8 Å². The second-order valence-corrected chi connectivity index (χ2v) is 4.02. The van der Waals surface area contributed by atoms with Crippen molar-refractivity contribution in [3.63, 3.8) is 0 Å². The van der Waals surface area contributed by atoms with Crippen LogP contribution in [0.3, 0.4) is 0 Å². The summed E-state index contributed by atoms with van der Waals surface area (Å²) < 4.78 is 15.7. The molecule has 0 radical (unpaired) electrons. The van der Waals surface area contributed by atoms with Gasteiger partial charge in [0.05, 0.1) is 13.7 Å². The van der Waals surface area contributed by atoms with Crippen LogP contribution in [0.1, 0.15) is 19.4 Å². The number of hydrogen-bond acceptors (Lipinski definition) is 5. The Morgan fingerprint density at radius 2 is 2.16 bits per heavy atom. The van der Waals surface area contributed by atoms with E-state index in [1.165, 1.54) is 0 Å². The number of carbonyl (C=O) groups is 1. The normalized spacial score (nSPS) is 11.8. The third-order valence-corrected chi connectivity index (χ3v) is 2.60. The standard InChI is InChI=1S/C14H21NO4/c1-4-18-14(16)10(2)19-13-6-5-12(17-3)9-11(13)7-8-15/h5-6,9-10H,4,7-8,15H2,1-3H3. The number of ether oxygens (including phenoxy) is 3. The molecule has 0 amide bonds. The fraction of sp³-hybridized carbons (Fsp3) is 0.500. The van der Waals surface area contributed by atoms with Gasteiger partial charge in [-0.1, -0.05) is 0 Å². The quantitative estimate of drug-likeness (QED) is 0.758. The SMILES string of the molecule is CCOC(=O)C(C)Oc1ccc(OC)cc1CCN. The fourth-order valence-corrected chi connectivity index (χ4v) is 1.65. The van der Waals surface area contributed by atoms with Crippen molar-refractivity contribution in [3.8, 4) is 11.5 Å². The van der Waals surface area contributed by atoms with E-state index >= 15 is 0 Å². The Morgan fingerprint density at radius 3 is 2.74 bits per heavy atom. The maximum atomic E-state index is 11.5. The Labute approximate surface area is 113 Å². The molecule has 0 spiro atoms. The summed E-state index contributed by atoms with van der Waals surface area (Å²) in [5.74, 6) is 0.989. The highest BCUT2D eigenvalue weighted by Crippen LogP contribution is 2.25. The third-order valence-electron chi connectivity index (χ3n) is 2.60. The van der Waals surface area contributed by atoms with Crippen molar-refractivity contribution < 1.29 is 19.0 Å². The minimum absolute atomic E-state index is 0.338.